The Hall–Kier alpha value is -1.89. The first-order valence-electron chi connectivity index (χ1n) is 8.31. The Morgan fingerprint density at radius 1 is 1.19 bits per heavy atom. The molecule has 2 aromatic rings. The Morgan fingerprint density at radius 2 is 1.96 bits per heavy atom. The molecule has 2 aromatic carbocycles. The summed E-state index contributed by atoms with van der Waals surface area (Å²) in [6, 6.07) is 12.0. The molecule has 1 unspecified atom stereocenters. The van der Waals surface area contributed by atoms with Crippen molar-refractivity contribution in [2.24, 2.45) is 0 Å². The lowest BCUT2D eigenvalue weighted by Crippen LogP contribution is -2.28. The zero-order valence-corrected chi connectivity index (χ0v) is 17.3. The maximum atomic E-state index is 12.5. The Morgan fingerprint density at radius 3 is 2.70 bits per heavy atom. The number of benzene rings is 2. The highest BCUT2D eigenvalue weighted by molar-refractivity contribution is 8.00. The Bertz CT molecular complexity index is 817. The van der Waals surface area contributed by atoms with E-state index >= 15 is 0 Å². The largest absolute Gasteiger partial charge is 0.484 e. The van der Waals surface area contributed by atoms with E-state index in [4.69, 9.17) is 27.9 Å². The van der Waals surface area contributed by atoms with Crippen LogP contribution in [0.3, 0.4) is 0 Å². The van der Waals surface area contributed by atoms with E-state index in [1.807, 2.05) is 6.92 Å². The van der Waals surface area contributed by atoms with E-state index < -0.39 is 0 Å². The maximum absolute atomic E-state index is 12.5. The molecule has 0 aliphatic carbocycles. The zero-order chi connectivity index (χ0) is 19.8. The van der Waals surface area contributed by atoms with Crippen LogP contribution in [0.15, 0.2) is 47.4 Å². The SMILES string of the molecule is CCNC(=O)COc1cccc(NC(=O)C(C)Sc2cc(Cl)ccc2Cl)c1. The number of amides is 2. The molecule has 0 saturated heterocycles. The van der Waals surface area contributed by atoms with Gasteiger partial charge in [0, 0.05) is 28.2 Å². The molecule has 0 aromatic heterocycles. The van der Waals surface area contributed by atoms with Gasteiger partial charge in [-0.1, -0.05) is 29.3 Å². The van der Waals surface area contributed by atoms with Gasteiger partial charge in [-0.3, -0.25) is 9.59 Å². The van der Waals surface area contributed by atoms with Gasteiger partial charge in [-0.2, -0.15) is 0 Å². The van der Waals surface area contributed by atoms with Crippen molar-refractivity contribution in [3.05, 3.63) is 52.5 Å². The summed E-state index contributed by atoms with van der Waals surface area (Å²) in [4.78, 5) is 24.7. The van der Waals surface area contributed by atoms with Crippen LogP contribution in [0.4, 0.5) is 5.69 Å². The number of carbonyl (C=O) groups is 2. The van der Waals surface area contributed by atoms with E-state index in [9.17, 15) is 9.59 Å². The summed E-state index contributed by atoms with van der Waals surface area (Å²) in [6.45, 7) is 4.09. The van der Waals surface area contributed by atoms with Crippen LogP contribution in [0.2, 0.25) is 10.0 Å². The fourth-order valence-corrected chi connectivity index (χ4v) is 3.53. The molecule has 0 bridgehead atoms. The third-order valence-electron chi connectivity index (χ3n) is 3.41. The van der Waals surface area contributed by atoms with E-state index in [1.165, 1.54) is 11.8 Å². The van der Waals surface area contributed by atoms with Crippen LogP contribution in [0.5, 0.6) is 5.75 Å². The zero-order valence-electron chi connectivity index (χ0n) is 14.9. The summed E-state index contributed by atoms with van der Waals surface area (Å²) >= 11 is 13.5. The predicted octanol–water partition coefficient (Wildman–Crippen LogP) is 4.63. The second-order valence-corrected chi connectivity index (χ2v) is 7.82. The van der Waals surface area contributed by atoms with Gasteiger partial charge in [-0.15, -0.1) is 11.8 Å². The minimum Gasteiger partial charge on any atom is -0.484 e. The van der Waals surface area contributed by atoms with Crippen molar-refractivity contribution in [3.63, 3.8) is 0 Å². The fraction of sp³-hybridized carbons (Fsp3) is 0.263. The number of anilines is 1. The molecule has 2 N–H and O–H groups in total. The van der Waals surface area contributed by atoms with Gasteiger partial charge >= 0.3 is 0 Å². The van der Waals surface area contributed by atoms with Gasteiger partial charge in [0.1, 0.15) is 5.75 Å². The van der Waals surface area contributed by atoms with Gasteiger partial charge in [0.25, 0.3) is 5.91 Å². The number of rotatable bonds is 8. The molecule has 0 spiro atoms. The Balaban J connectivity index is 1.95. The van der Waals surface area contributed by atoms with Gasteiger partial charge < -0.3 is 15.4 Å². The first-order chi connectivity index (χ1) is 12.9. The Kier molecular flexibility index (Phi) is 8.28. The van der Waals surface area contributed by atoms with E-state index in [0.717, 1.165) is 4.90 Å². The number of ether oxygens (including phenoxy) is 1. The van der Waals surface area contributed by atoms with Crippen LogP contribution in [-0.2, 0) is 9.59 Å². The molecule has 27 heavy (non-hydrogen) atoms. The highest BCUT2D eigenvalue weighted by atomic mass is 35.5. The highest BCUT2D eigenvalue weighted by Gasteiger charge is 2.17. The van der Waals surface area contributed by atoms with Crippen LogP contribution in [0.1, 0.15) is 13.8 Å². The number of hydrogen-bond donors (Lipinski definition) is 2. The number of halogens is 2. The Labute approximate surface area is 172 Å². The van der Waals surface area contributed by atoms with Crippen molar-refractivity contribution in [3.8, 4) is 5.75 Å². The van der Waals surface area contributed by atoms with Crippen LogP contribution < -0.4 is 15.4 Å². The van der Waals surface area contributed by atoms with Crippen LogP contribution in [-0.4, -0.2) is 30.2 Å². The molecule has 144 valence electrons. The predicted molar refractivity (Wildman–Crippen MR) is 111 cm³/mol. The average Bonchev–Trinajstić information content (AvgIpc) is 2.63. The summed E-state index contributed by atoms with van der Waals surface area (Å²) in [6.07, 6.45) is 0. The smallest absolute Gasteiger partial charge is 0.257 e. The van der Waals surface area contributed by atoms with Gasteiger partial charge in [-0.05, 0) is 44.2 Å². The summed E-state index contributed by atoms with van der Waals surface area (Å²) in [5.41, 5.74) is 0.582. The van der Waals surface area contributed by atoms with Crippen molar-refractivity contribution >= 4 is 52.5 Å². The second-order valence-electron chi connectivity index (χ2n) is 5.59. The summed E-state index contributed by atoms with van der Waals surface area (Å²) < 4.78 is 5.43. The average molecular weight is 427 g/mol. The van der Waals surface area contributed by atoms with Gasteiger partial charge in [0.2, 0.25) is 5.91 Å². The van der Waals surface area contributed by atoms with Gasteiger partial charge in [0.15, 0.2) is 6.61 Å². The molecule has 2 rings (SSSR count). The molecular formula is C19H20Cl2N2O3S. The lowest BCUT2D eigenvalue weighted by Gasteiger charge is -2.14. The molecule has 0 aliphatic rings. The van der Waals surface area contributed by atoms with E-state index in [2.05, 4.69) is 10.6 Å². The lowest BCUT2D eigenvalue weighted by atomic mass is 10.3. The summed E-state index contributed by atoms with van der Waals surface area (Å²) in [5.74, 6) is 0.115. The molecule has 0 heterocycles. The number of carbonyl (C=O) groups excluding carboxylic acids is 2. The molecule has 0 radical (unpaired) electrons. The van der Waals surface area contributed by atoms with Crippen LogP contribution in [0.25, 0.3) is 0 Å². The standard InChI is InChI=1S/C19H20Cl2N2O3S/c1-3-22-18(24)11-26-15-6-4-5-14(10-15)23-19(25)12(2)27-17-9-13(20)7-8-16(17)21/h4-10,12H,3,11H2,1-2H3,(H,22,24)(H,23,25). The molecular weight excluding hydrogens is 407 g/mol. The number of likely N-dealkylation sites (N-methyl/N-ethyl adjacent to an activating group) is 1. The van der Waals surface area contributed by atoms with Crippen LogP contribution in [0, 0.1) is 0 Å². The molecule has 0 saturated carbocycles. The third kappa shape index (κ3) is 6.97. The quantitative estimate of drug-likeness (QED) is 0.603. The van der Waals surface area contributed by atoms with E-state index in [1.54, 1.807) is 49.4 Å². The normalized spacial score (nSPS) is 11.6. The molecule has 2 amide bonds. The second kappa shape index (κ2) is 10.4. The molecule has 8 heteroatoms. The number of nitrogens with one attached hydrogen (secondary N) is 2. The lowest BCUT2D eigenvalue weighted by molar-refractivity contribution is -0.123. The number of thioether (sulfide) groups is 1. The first kappa shape index (κ1) is 21.4. The van der Waals surface area contributed by atoms with Crippen molar-refractivity contribution in [2.75, 3.05) is 18.5 Å². The number of hydrogen-bond acceptors (Lipinski definition) is 4. The minimum atomic E-state index is -0.388. The molecule has 0 aliphatic heterocycles. The summed E-state index contributed by atoms with van der Waals surface area (Å²) in [5, 5.41) is 6.20. The van der Waals surface area contributed by atoms with Crippen molar-refractivity contribution in [2.45, 2.75) is 24.0 Å². The van der Waals surface area contributed by atoms with Crippen molar-refractivity contribution in [1.29, 1.82) is 0 Å². The van der Waals surface area contributed by atoms with Gasteiger partial charge in [0.05, 0.1) is 10.3 Å². The third-order valence-corrected chi connectivity index (χ3v) is 5.25. The van der Waals surface area contributed by atoms with E-state index in [0.29, 0.717) is 28.0 Å². The maximum Gasteiger partial charge on any atom is 0.257 e. The van der Waals surface area contributed by atoms with Crippen molar-refractivity contribution in [1.82, 2.24) is 5.32 Å². The van der Waals surface area contributed by atoms with E-state index in [-0.39, 0.29) is 23.7 Å². The topological polar surface area (TPSA) is 67.4 Å². The minimum absolute atomic E-state index is 0.0786. The van der Waals surface area contributed by atoms with Gasteiger partial charge in [-0.25, -0.2) is 0 Å². The molecule has 5 nitrogen and oxygen atoms in total. The first-order valence-corrected chi connectivity index (χ1v) is 9.94. The van der Waals surface area contributed by atoms with Crippen LogP contribution >= 0.6 is 35.0 Å². The highest BCUT2D eigenvalue weighted by Crippen LogP contribution is 2.33. The fourth-order valence-electron chi connectivity index (χ4n) is 2.12. The molecule has 1 atom stereocenters. The van der Waals surface area contributed by atoms with Crippen molar-refractivity contribution < 1.29 is 14.3 Å². The molecule has 0 fully saturated rings. The summed E-state index contributed by atoms with van der Waals surface area (Å²) in [7, 11) is 0. The monoisotopic (exact) mass is 426 g/mol.